The van der Waals surface area contributed by atoms with Gasteiger partial charge in [0.05, 0.1) is 19.4 Å². The van der Waals surface area contributed by atoms with Gasteiger partial charge in [-0.05, 0) is 23.1 Å². The third-order valence-electron chi connectivity index (χ3n) is 4.75. The fourth-order valence-corrected chi connectivity index (χ4v) is 3.21. The van der Waals surface area contributed by atoms with Crippen LogP contribution in [0.1, 0.15) is 16.7 Å². The summed E-state index contributed by atoms with van der Waals surface area (Å²) >= 11 is 0. The molecule has 1 saturated heterocycles. The molecule has 1 aliphatic heterocycles. The zero-order valence-electron chi connectivity index (χ0n) is 16.3. The molecule has 3 rings (SSSR count). The summed E-state index contributed by atoms with van der Waals surface area (Å²) in [6.45, 7) is 6.20. The SMILES string of the molecule is CN=C(NCCc1cnn(C)c1)NCc1ccccc1CN1CCOCC1. The lowest BCUT2D eigenvalue weighted by Crippen LogP contribution is -2.38. The van der Waals surface area contributed by atoms with E-state index >= 15 is 0 Å². The van der Waals surface area contributed by atoms with Gasteiger partial charge < -0.3 is 15.4 Å². The topological polar surface area (TPSA) is 66.7 Å². The van der Waals surface area contributed by atoms with Gasteiger partial charge in [0.25, 0.3) is 0 Å². The average Bonchev–Trinajstić information content (AvgIpc) is 3.11. The van der Waals surface area contributed by atoms with E-state index in [9.17, 15) is 0 Å². The number of benzene rings is 1. The molecule has 0 bridgehead atoms. The molecule has 0 radical (unpaired) electrons. The standard InChI is InChI=1S/C20H30N6O/c1-21-20(22-8-7-17-13-24-25(2)15-17)23-14-18-5-3-4-6-19(18)16-26-9-11-27-12-10-26/h3-6,13,15H,7-12,14,16H2,1-2H3,(H2,21,22,23). The molecule has 0 saturated carbocycles. The molecule has 2 heterocycles. The summed E-state index contributed by atoms with van der Waals surface area (Å²) in [5, 5.41) is 11.0. The van der Waals surface area contributed by atoms with Crippen molar-refractivity contribution < 1.29 is 4.74 Å². The Bertz CT molecular complexity index is 736. The molecule has 27 heavy (non-hydrogen) atoms. The number of nitrogens with zero attached hydrogens (tertiary/aromatic N) is 4. The highest BCUT2D eigenvalue weighted by molar-refractivity contribution is 5.79. The zero-order valence-corrected chi connectivity index (χ0v) is 16.3. The van der Waals surface area contributed by atoms with Crippen LogP contribution in [0.3, 0.4) is 0 Å². The summed E-state index contributed by atoms with van der Waals surface area (Å²) in [6, 6.07) is 8.61. The van der Waals surface area contributed by atoms with E-state index in [1.54, 1.807) is 7.05 Å². The number of aliphatic imine (C=N–C) groups is 1. The Labute approximate surface area is 161 Å². The third kappa shape index (κ3) is 6.08. The van der Waals surface area contributed by atoms with Crippen molar-refractivity contribution in [2.75, 3.05) is 39.9 Å². The largest absolute Gasteiger partial charge is 0.379 e. The van der Waals surface area contributed by atoms with E-state index in [0.29, 0.717) is 0 Å². The van der Waals surface area contributed by atoms with Gasteiger partial charge in [-0.3, -0.25) is 14.6 Å². The Hall–Kier alpha value is -2.38. The molecule has 0 atom stereocenters. The first-order valence-corrected chi connectivity index (χ1v) is 9.53. The fourth-order valence-electron chi connectivity index (χ4n) is 3.21. The molecule has 0 amide bonds. The number of aryl methyl sites for hydroxylation is 1. The molecule has 0 spiro atoms. The molecule has 1 fully saturated rings. The number of morpholine rings is 1. The Morgan fingerprint density at radius 1 is 1.19 bits per heavy atom. The molecule has 1 aromatic heterocycles. The van der Waals surface area contributed by atoms with E-state index in [1.807, 2.05) is 24.1 Å². The predicted octanol–water partition coefficient (Wildman–Crippen LogP) is 1.16. The van der Waals surface area contributed by atoms with Crippen LogP contribution in [-0.4, -0.2) is 60.5 Å². The first-order chi connectivity index (χ1) is 13.2. The van der Waals surface area contributed by atoms with E-state index in [0.717, 1.165) is 58.3 Å². The van der Waals surface area contributed by atoms with Crippen LogP contribution in [0.15, 0.2) is 41.7 Å². The molecule has 1 aliphatic rings. The van der Waals surface area contributed by atoms with E-state index < -0.39 is 0 Å². The van der Waals surface area contributed by atoms with Crippen LogP contribution in [0.25, 0.3) is 0 Å². The Balaban J connectivity index is 1.48. The quantitative estimate of drug-likeness (QED) is 0.566. The molecule has 1 aromatic carbocycles. The second kappa shape index (κ2) is 10.1. The highest BCUT2D eigenvalue weighted by Crippen LogP contribution is 2.13. The maximum Gasteiger partial charge on any atom is 0.191 e. The normalized spacial score (nSPS) is 15.7. The number of guanidine groups is 1. The van der Waals surface area contributed by atoms with E-state index in [4.69, 9.17) is 4.74 Å². The highest BCUT2D eigenvalue weighted by atomic mass is 16.5. The number of hydrogen-bond donors (Lipinski definition) is 2. The van der Waals surface area contributed by atoms with Gasteiger partial charge in [-0.25, -0.2) is 0 Å². The van der Waals surface area contributed by atoms with Crippen LogP contribution in [0, 0.1) is 0 Å². The first kappa shape index (κ1) is 19.4. The van der Waals surface area contributed by atoms with Crippen molar-refractivity contribution in [3.8, 4) is 0 Å². The maximum absolute atomic E-state index is 5.45. The molecule has 0 aliphatic carbocycles. The molecule has 2 N–H and O–H groups in total. The molecular weight excluding hydrogens is 340 g/mol. The lowest BCUT2D eigenvalue weighted by atomic mass is 10.1. The summed E-state index contributed by atoms with van der Waals surface area (Å²) in [5.41, 5.74) is 3.88. The summed E-state index contributed by atoms with van der Waals surface area (Å²) in [7, 11) is 3.74. The van der Waals surface area contributed by atoms with Gasteiger partial charge in [0.2, 0.25) is 0 Å². The smallest absolute Gasteiger partial charge is 0.191 e. The number of hydrogen-bond acceptors (Lipinski definition) is 4. The zero-order chi connectivity index (χ0) is 18.9. The molecule has 7 nitrogen and oxygen atoms in total. The van der Waals surface area contributed by atoms with Crippen molar-refractivity contribution >= 4 is 5.96 Å². The maximum atomic E-state index is 5.45. The van der Waals surface area contributed by atoms with Gasteiger partial charge in [-0.2, -0.15) is 5.10 Å². The minimum atomic E-state index is 0.757. The summed E-state index contributed by atoms with van der Waals surface area (Å²) in [4.78, 5) is 6.78. The van der Waals surface area contributed by atoms with Crippen LogP contribution >= 0.6 is 0 Å². The number of ether oxygens (including phenoxy) is 1. The average molecular weight is 371 g/mol. The Morgan fingerprint density at radius 2 is 1.96 bits per heavy atom. The van der Waals surface area contributed by atoms with Crippen LogP contribution in [0.4, 0.5) is 0 Å². The van der Waals surface area contributed by atoms with Crippen molar-refractivity contribution in [2.45, 2.75) is 19.5 Å². The van der Waals surface area contributed by atoms with Crippen molar-refractivity contribution in [3.05, 3.63) is 53.3 Å². The second-order valence-corrected chi connectivity index (χ2v) is 6.78. The van der Waals surface area contributed by atoms with E-state index in [-0.39, 0.29) is 0 Å². The van der Waals surface area contributed by atoms with Crippen molar-refractivity contribution in [1.29, 1.82) is 0 Å². The monoisotopic (exact) mass is 370 g/mol. The number of nitrogens with one attached hydrogen (secondary N) is 2. The Kier molecular flexibility index (Phi) is 7.24. The van der Waals surface area contributed by atoms with E-state index in [2.05, 4.69) is 49.9 Å². The molecule has 7 heteroatoms. The predicted molar refractivity (Wildman–Crippen MR) is 108 cm³/mol. The van der Waals surface area contributed by atoms with Gasteiger partial charge >= 0.3 is 0 Å². The summed E-state index contributed by atoms with van der Waals surface area (Å²) < 4.78 is 7.28. The minimum absolute atomic E-state index is 0.757. The van der Waals surface area contributed by atoms with Crippen molar-refractivity contribution in [1.82, 2.24) is 25.3 Å². The molecular formula is C20H30N6O. The van der Waals surface area contributed by atoms with Gasteiger partial charge in [-0.15, -0.1) is 0 Å². The number of aromatic nitrogens is 2. The molecule has 2 aromatic rings. The Morgan fingerprint density at radius 3 is 2.67 bits per heavy atom. The van der Waals surface area contributed by atoms with Crippen LogP contribution in [-0.2, 0) is 31.3 Å². The van der Waals surface area contributed by atoms with Crippen molar-refractivity contribution in [2.24, 2.45) is 12.0 Å². The summed E-state index contributed by atoms with van der Waals surface area (Å²) in [6.07, 6.45) is 4.86. The fraction of sp³-hybridized carbons (Fsp3) is 0.500. The van der Waals surface area contributed by atoms with Crippen LogP contribution in [0.2, 0.25) is 0 Å². The van der Waals surface area contributed by atoms with Crippen LogP contribution in [0.5, 0.6) is 0 Å². The lowest BCUT2D eigenvalue weighted by molar-refractivity contribution is 0.0341. The van der Waals surface area contributed by atoms with Crippen molar-refractivity contribution in [3.63, 3.8) is 0 Å². The summed E-state index contributed by atoms with van der Waals surface area (Å²) in [5.74, 6) is 0.820. The first-order valence-electron chi connectivity index (χ1n) is 9.53. The molecule has 0 unspecified atom stereocenters. The third-order valence-corrected chi connectivity index (χ3v) is 4.75. The van der Waals surface area contributed by atoms with Crippen LogP contribution < -0.4 is 10.6 Å². The van der Waals surface area contributed by atoms with Gasteiger partial charge in [-0.1, -0.05) is 24.3 Å². The molecule has 146 valence electrons. The lowest BCUT2D eigenvalue weighted by Gasteiger charge is -2.27. The van der Waals surface area contributed by atoms with Gasteiger partial charge in [0, 0.05) is 53.0 Å². The van der Waals surface area contributed by atoms with E-state index in [1.165, 1.54) is 16.7 Å². The van der Waals surface area contributed by atoms with Gasteiger partial charge in [0.15, 0.2) is 5.96 Å². The minimum Gasteiger partial charge on any atom is -0.379 e. The number of rotatable bonds is 7. The second-order valence-electron chi connectivity index (χ2n) is 6.78. The highest BCUT2D eigenvalue weighted by Gasteiger charge is 2.12. The van der Waals surface area contributed by atoms with Gasteiger partial charge in [0.1, 0.15) is 0 Å².